The van der Waals surface area contributed by atoms with Crippen LogP contribution in [-0.4, -0.2) is 39.9 Å². The van der Waals surface area contributed by atoms with Crippen molar-refractivity contribution in [2.45, 2.75) is 70.0 Å². The van der Waals surface area contributed by atoms with Gasteiger partial charge in [-0.3, -0.25) is 9.59 Å². The molecular formula is C25H34N2O3S. The van der Waals surface area contributed by atoms with E-state index in [0.29, 0.717) is 23.3 Å². The van der Waals surface area contributed by atoms with E-state index in [0.717, 1.165) is 10.5 Å². The van der Waals surface area contributed by atoms with Crippen LogP contribution >= 0.6 is 11.8 Å². The third-order valence-corrected chi connectivity index (χ3v) is 5.48. The van der Waals surface area contributed by atoms with Gasteiger partial charge in [-0.15, -0.1) is 11.8 Å². The van der Waals surface area contributed by atoms with Crippen molar-refractivity contribution in [3.63, 3.8) is 0 Å². The first-order chi connectivity index (χ1) is 14.4. The average Bonchev–Trinajstić information content (AvgIpc) is 2.64. The van der Waals surface area contributed by atoms with Gasteiger partial charge in [-0.1, -0.05) is 30.3 Å². The third kappa shape index (κ3) is 8.38. The van der Waals surface area contributed by atoms with Crippen molar-refractivity contribution in [1.29, 1.82) is 0 Å². The summed E-state index contributed by atoms with van der Waals surface area (Å²) in [7, 11) is 0. The number of thioether (sulfide) groups is 1. The van der Waals surface area contributed by atoms with Crippen molar-refractivity contribution in [3.8, 4) is 0 Å². The van der Waals surface area contributed by atoms with Crippen molar-refractivity contribution in [2.75, 3.05) is 5.75 Å². The van der Waals surface area contributed by atoms with E-state index in [1.165, 1.54) is 11.8 Å². The number of amides is 2. The topological polar surface area (TPSA) is 78.4 Å². The highest BCUT2D eigenvalue weighted by Gasteiger charge is 2.21. The minimum atomic E-state index is -0.660. The van der Waals surface area contributed by atoms with Crippen molar-refractivity contribution < 1.29 is 14.7 Å². The maximum absolute atomic E-state index is 12.6. The van der Waals surface area contributed by atoms with Gasteiger partial charge in [-0.05, 0) is 71.7 Å². The number of rotatable bonds is 7. The highest BCUT2D eigenvalue weighted by Crippen LogP contribution is 2.25. The van der Waals surface area contributed by atoms with E-state index >= 15 is 0 Å². The second-order valence-electron chi connectivity index (χ2n) is 9.73. The third-order valence-electron chi connectivity index (χ3n) is 4.26. The maximum atomic E-state index is 12.6. The van der Waals surface area contributed by atoms with Crippen molar-refractivity contribution in [3.05, 3.63) is 65.2 Å². The van der Waals surface area contributed by atoms with Crippen LogP contribution in [0.5, 0.6) is 0 Å². The molecule has 0 saturated heterocycles. The number of carbonyl (C=O) groups excluding carboxylic acids is 2. The molecule has 0 saturated carbocycles. The van der Waals surface area contributed by atoms with Gasteiger partial charge in [0.2, 0.25) is 0 Å². The molecule has 168 valence electrons. The van der Waals surface area contributed by atoms with Crippen molar-refractivity contribution in [1.82, 2.24) is 10.6 Å². The predicted octanol–water partition coefficient (Wildman–Crippen LogP) is 4.44. The fraction of sp³-hybridized carbons (Fsp3) is 0.440. The Morgan fingerprint density at radius 3 is 1.90 bits per heavy atom. The van der Waals surface area contributed by atoms with Crippen LogP contribution in [0.2, 0.25) is 0 Å². The standard InChI is InChI=1S/C25H34N2O3S/c1-24(2,3)26-22(29)19-12-8-7-11-17(19)15-18(28)16-31-21-14-10-9-13-20(21)23(30)27-25(4,5)6/h7-14,18,28H,15-16H2,1-6H3,(H,26,29)(H,27,30). The summed E-state index contributed by atoms with van der Waals surface area (Å²) >= 11 is 1.44. The van der Waals surface area contributed by atoms with Crippen LogP contribution < -0.4 is 10.6 Å². The Balaban J connectivity index is 2.07. The minimum Gasteiger partial charge on any atom is -0.392 e. The zero-order chi connectivity index (χ0) is 23.2. The summed E-state index contributed by atoms with van der Waals surface area (Å²) in [5, 5.41) is 16.6. The Bertz CT molecular complexity index is 913. The summed E-state index contributed by atoms with van der Waals surface area (Å²) in [6.07, 6.45) is -0.302. The average molecular weight is 443 g/mol. The summed E-state index contributed by atoms with van der Waals surface area (Å²) in [6.45, 7) is 11.6. The molecule has 2 amide bonds. The van der Waals surface area contributed by atoms with E-state index < -0.39 is 6.10 Å². The van der Waals surface area contributed by atoms with Crippen LogP contribution in [0.4, 0.5) is 0 Å². The van der Waals surface area contributed by atoms with E-state index in [2.05, 4.69) is 10.6 Å². The molecular weight excluding hydrogens is 408 g/mol. The Kier molecular flexibility index (Phi) is 8.32. The van der Waals surface area contributed by atoms with Gasteiger partial charge in [0.15, 0.2) is 0 Å². The Morgan fingerprint density at radius 2 is 1.32 bits per heavy atom. The molecule has 0 aliphatic rings. The lowest BCUT2D eigenvalue weighted by molar-refractivity contribution is 0.0907. The molecule has 2 aromatic rings. The van der Waals surface area contributed by atoms with Gasteiger partial charge in [-0.2, -0.15) is 0 Å². The Morgan fingerprint density at radius 1 is 0.839 bits per heavy atom. The van der Waals surface area contributed by atoms with Gasteiger partial charge in [-0.25, -0.2) is 0 Å². The molecule has 0 radical (unpaired) electrons. The largest absolute Gasteiger partial charge is 0.392 e. The van der Waals surface area contributed by atoms with Gasteiger partial charge in [0, 0.05) is 27.3 Å². The van der Waals surface area contributed by atoms with Crippen molar-refractivity contribution in [2.24, 2.45) is 0 Å². The monoisotopic (exact) mass is 442 g/mol. The summed E-state index contributed by atoms with van der Waals surface area (Å²) in [4.78, 5) is 26.1. The zero-order valence-electron chi connectivity index (χ0n) is 19.3. The van der Waals surface area contributed by atoms with E-state index in [1.807, 2.05) is 77.9 Å². The highest BCUT2D eigenvalue weighted by atomic mass is 32.2. The van der Waals surface area contributed by atoms with Crippen LogP contribution in [0.25, 0.3) is 0 Å². The van der Waals surface area contributed by atoms with Gasteiger partial charge >= 0.3 is 0 Å². The minimum absolute atomic E-state index is 0.130. The first-order valence-electron chi connectivity index (χ1n) is 10.5. The lowest BCUT2D eigenvalue weighted by Crippen LogP contribution is -2.41. The lowest BCUT2D eigenvalue weighted by Gasteiger charge is -2.22. The van der Waals surface area contributed by atoms with Crippen molar-refractivity contribution >= 4 is 23.6 Å². The number of aliphatic hydroxyl groups excluding tert-OH is 1. The van der Waals surface area contributed by atoms with E-state index in [-0.39, 0.29) is 22.9 Å². The van der Waals surface area contributed by atoms with Gasteiger partial charge < -0.3 is 15.7 Å². The molecule has 0 spiro atoms. The van der Waals surface area contributed by atoms with Gasteiger partial charge in [0.05, 0.1) is 11.7 Å². The predicted molar refractivity (Wildman–Crippen MR) is 128 cm³/mol. The van der Waals surface area contributed by atoms with Crippen LogP contribution in [0.1, 0.15) is 67.8 Å². The van der Waals surface area contributed by atoms with Crippen LogP contribution in [0.15, 0.2) is 53.4 Å². The summed E-state index contributed by atoms with van der Waals surface area (Å²) in [6, 6.07) is 14.7. The maximum Gasteiger partial charge on any atom is 0.252 e. The molecule has 0 fully saturated rings. The normalized spacial score (nSPS) is 12.9. The molecule has 31 heavy (non-hydrogen) atoms. The number of aliphatic hydroxyl groups is 1. The highest BCUT2D eigenvalue weighted by molar-refractivity contribution is 7.99. The van der Waals surface area contributed by atoms with E-state index in [9.17, 15) is 14.7 Å². The molecule has 5 nitrogen and oxygen atoms in total. The zero-order valence-corrected chi connectivity index (χ0v) is 20.1. The molecule has 6 heteroatoms. The second-order valence-corrected chi connectivity index (χ2v) is 10.8. The molecule has 0 bridgehead atoms. The van der Waals surface area contributed by atoms with E-state index in [4.69, 9.17) is 0 Å². The lowest BCUT2D eigenvalue weighted by atomic mass is 10.00. The van der Waals surface area contributed by atoms with Gasteiger partial charge in [0.25, 0.3) is 11.8 Å². The summed E-state index contributed by atoms with van der Waals surface area (Å²) in [5.74, 6) is 0.135. The quantitative estimate of drug-likeness (QED) is 0.554. The van der Waals surface area contributed by atoms with Crippen LogP contribution in [0.3, 0.4) is 0 Å². The van der Waals surface area contributed by atoms with Crippen LogP contribution in [0, 0.1) is 0 Å². The second kappa shape index (κ2) is 10.3. The van der Waals surface area contributed by atoms with Gasteiger partial charge in [0.1, 0.15) is 0 Å². The SMILES string of the molecule is CC(C)(C)NC(=O)c1ccccc1CC(O)CSc1ccccc1C(=O)NC(C)(C)C. The molecule has 2 rings (SSSR count). The number of hydrogen-bond donors (Lipinski definition) is 3. The first-order valence-corrected chi connectivity index (χ1v) is 11.5. The number of carbonyl (C=O) groups is 2. The molecule has 1 atom stereocenters. The first kappa shape index (κ1) is 25.0. The molecule has 3 N–H and O–H groups in total. The number of hydrogen-bond acceptors (Lipinski definition) is 4. The smallest absolute Gasteiger partial charge is 0.252 e. The molecule has 0 aliphatic carbocycles. The molecule has 1 unspecified atom stereocenters. The number of benzene rings is 2. The number of nitrogens with one attached hydrogen (secondary N) is 2. The summed E-state index contributed by atoms with van der Waals surface area (Å²) in [5.41, 5.74) is 1.31. The Labute approximate surface area is 190 Å². The molecule has 0 aromatic heterocycles. The fourth-order valence-corrected chi connectivity index (χ4v) is 4.00. The van der Waals surface area contributed by atoms with Crippen LogP contribution in [-0.2, 0) is 6.42 Å². The summed E-state index contributed by atoms with van der Waals surface area (Å²) < 4.78 is 0. The van der Waals surface area contributed by atoms with E-state index in [1.54, 1.807) is 12.1 Å². The molecule has 0 heterocycles. The molecule has 0 aliphatic heterocycles. The molecule has 2 aromatic carbocycles. The Hall–Kier alpha value is -2.31. The fourth-order valence-electron chi connectivity index (χ4n) is 3.01.